The number of amides is 2. The lowest BCUT2D eigenvalue weighted by Crippen LogP contribution is -2.52. The Morgan fingerprint density at radius 3 is 2.33 bits per heavy atom. The van der Waals surface area contributed by atoms with E-state index in [0.29, 0.717) is 28.6 Å². The number of halogens is 2. The topological polar surface area (TPSA) is 96.0 Å². The summed E-state index contributed by atoms with van der Waals surface area (Å²) in [6.45, 7) is 5.49. The summed E-state index contributed by atoms with van der Waals surface area (Å²) in [5, 5.41) is 3.67. The van der Waals surface area contributed by atoms with Crippen LogP contribution < -0.4 is 14.4 Å². The number of anilines is 1. The van der Waals surface area contributed by atoms with Crippen LogP contribution in [0.25, 0.3) is 0 Å². The van der Waals surface area contributed by atoms with E-state index >= 15 is 0 Å². The minimum absolute atomic E-state index is 0.0120. The SMILES string of the molecule is CCCCNC(=O)C(CC)N(Cc1ccc(Cl)cc1Cl)C(=O)CN(c1cc(C)ccc1OC)S(=O)(=O)c1ccccc1. The monoisotopic (exact) mass is 633 g/mol. The van der Waals surface area contributed by atoms with Gasteiger partial charge in [0.15, 0.2) is 0 Å². The molecule has 3 aromatic rings. The van der Waals surface area contributed by atoms with E-state index in [1.165, 1.54) is 24.1 Å². The Kier molecular flexibility index (Phi) is 12.1. The second-order valence-electron chi connectivity index (χ2n) is 9.83. The van der Waals surface area contributed by atoms with Crippen LogP contribution in [-0.2, 0) is 26.2 Å². The number of hydrogen-bond donors (Lipinski definition) is 1. The smallest absolute Gasteiger partial charge is 0.264 e. The Bertz CT molecular complexity index is 1490. The van der Waals surface area contributed by atoms with Gasteiger partial charge in [0.2, 0.25) is 11.8 Å². The molecular weight excluding hydrogens is 597 g/mol. The fraction of sp³-hybridized carbons (Fsp3) is 0.355. The summed E-state index contributed by atoms with van der Waals surface area (Å²) in [5.41, 5.74) is 1.55. The molecule has 0 fully saturated rings. The Morgan fingerprint density at radius 2 is 1.71 bits per heavy atom. The van der Waals surface area contributed by atoms with Gasteiger partial charge in [-0.3, -0.25) is 13.9 Å². The summed E-state index contributed by atoms with van der Waals surface area (Å²) in [4.78, 5) is 29.0. The van der Waals surface area contributed by atoms with Gasteiger partial charge in [-0.25, -0.2) is 8.42 Å². The summed E-state index contributed by atoms with van der Waals surface area (Å²) in [6.07, 6.45) is 1.98. The zero-order chi connectivity index (χ0) is 30.9. The zero-order valence-corrected chi connectivity index (χ0v) is 26.6. The van der Waals surface area contributed by atoms with E-state index in [-0.39, 0.29) is 28.8 Å². The summed E-state index contributed by atoms with van der Waals surface area (Å²) in [6, 6.07) is 17.0. The second kappa shape index (κ2) is 15.3. The molecule has 0 heterocycles. The maximum absolute atomic E-state index is 14.2. The van der Waals surface area contributed by atoms with E-state index in [1.807, 2.05) is 13.8 Å². The number of nitrogens with one attached hydrogen (secondary N) is 1. The maximum Gasteiger partial charge on any atom is 0.264 e. The molecule has 1 atom stereocenters. The molecule has 0 saturated heterocycles. The van der Waals surface area contributed by atoms with Gasteiger partial charge in [0.25, 0.3) is 10.0 Å². The maximum atomic E-state index is 14.2. The lowest BCUT2D eigenvalue weighted by molar-refractivity contribution is -0.140. The van der Waals surface area contributed by atoms with Gasteiger partial charge < -0.3 is 15.0 Å². The van der Waals surface area contributed by atoms with Gasteiger partial charge >= 0.3 is 0 Å². The van der Waals surface area contributed by atoms with Crippen LogP contribution in [-0.4, -0.2) is 51.4 Å². The number of carbonyl (C=O) groups excluding carboxylic acids is 2. The van der Waals surface area contributed by atoms with Crippen molar-refractivity contribution in [1.82, 2.24) is 10.2 Å². The number of carbonyl (C=O) groups is 2. The number of benzene rings is 3. The van der Waals surface area contributed by atoms with Crippen LogP contribution in [0.15, 0.2) is 71.6 Å². The normalized spacial score (nSPS) is 12.0. The van der Waals surface area contributed by atoms with E-state index in [4.69, 9.17) is 27.9 Å². The van der Waals surface area contributed by atoms with E-state index in [9.17, 15) is 18.0 Å². The molecule has 42 heavy (non-hydrogen) atoms. The molecular formula is C31H37Cl2N3O5S. The fourth-order valence-corrected chi connectivity index (χ4v) is 6.39. The van der Waals surface area contributed by atoms with Crippen LogP contribution in [0.1, 0.15) is 44.2 Å². The average molecular weight is 635 g/mol. The first kappa shape index (κ1) is 33.2. The molecule has 226 valence electrons. The predicted octanol–water partition coefficient (Wildman–Crippen LogP) is 6.23. The summed E-state index contributed by atoms with van der Waals surface area (Å²) < 4.78 is 34.7. The Labute approximate surface area is 258 Å². The molecule has 0 saturated carbocycles. The number of hydrogen-bond acceptors (Lipinski definition) is 5. The van der Waals surface area contributed by atoms with Crippen molar-refractivity contribution in [3.63, 3.8) is 0 Å². The number of unbranched alkanes of at least 4 members (excludes halogenated alkanes) is 1. The summed E-state index contributed by atoms with van der Waals surface area (Å²) in [5.74, 6) is -0.624. The highest BCUT2D eigenvalue weighted by atomic mass is 35.5. The Hall–Kier alpha value is -3.27. The largest absolute Gasteiger partial charge is 0.495 e. The fourth-order valence-electron chi connectivity index (χ4n) is 4.49. The predicted molar refractivity (Wildman–Crippen MR) is 168 cm³/mol. The van der Waals surface area contributed by atoms with Crippen molar-refractivity contribution in [2.24, 2.45) is 0 Å². The molecule has 3 rings (SSSR count). The van der Waals surface area contributed by atoms with Gasteiger partial charge in [-0.15, -0.1) is 0 Å². The van der Waals surface area contributed by atoms with Crippen LogP contribution >= 0.6 is 23.2 Å². The van der Waals surface area contributed by atoms with Gasteiger partial charge in [0, 0.05) is 23.1 Å². The first-order valence-corrected chi connectivity index (χ1v) is 16.0. The minimum Gasteiger partial charge on any atom is -0.495 e. The second-order valence-corrected chi connectivity index (χ2v) is 12.5. The minimum atomic E-state index is -4.23. The molecule has 11 heteroatoms. The molecule has 8 nitrogen and oxygen atoms in total. The first-order chi connectivity index (χ1) is 20.0. The lowest BCUT2D eigenvalue weighted by atomic mass is 10.1. The third kappa shape index (κ3) is 8.18. The molecule has 2 amide bonds. The van der Waals surface area contributed by atoms with E-state index < -0.39 is 28.5 Å². The standard InChI is InChI=1S/C31H37Cl2N3O5S/c1-5-7-17-34-31(38)27(6-2)35(20-23-14-15-24(32)19-26(23)33)30(37)21-36(28-18-22(3)13-16-29(28)41-4)42(39,40)25-11-9-8-10-12-25/h8-16,18-19,27H,5-7,17,20-21H2,1-4H3,(H,34,38). The van der Waals surface area contributed by atoms with Crippen LogP contribution in [0.2, 0.25) is 10.0 Å². The molecule has 0 spiro atoms. The highest BCUT2D eigenvalue weighted by molar-refractivity contribution is 7.92. The molecule has 1 N–H and O–H groups in total. The lowest BCUT2D eigenvalue weighted by Gasteiger charge is -2.33. The quantitative estimate of drug-likeness (QED) is 0.212. The number of nitrogens with zero attached hydrogens (tertiary/aromatic N) is 2. The number of ether oxygens (including phenoxy) is 1. The molecule has 0 aromatic heterocycles. The van der Waals surface area contributed by atoms with E-state index in [1.54, 1.807) is 61.5 Å². The van der Waals surface area contributed by atoms with E-state index in [2.05, 4.69) is 5.32 Å². The van der Waals surface area contributed by atoms with Crippen LogP contribution in [0, 0.1) is 6.92 Å². The van der Waals surface area contributed by atoms with Crippen molar-refractivity contribution in [3.05, 3.63) is 87.9 Å². The van der Waals surface area contributed by atoms with Crippen molar-refractivity contribution in [2.45, 2.75) is 57.5 Å². The third-order valence-corrected chi connectivity index (χ3v) is 9.15. The van der Waals surface area contributed by atoms with Crippen LogP contribution in [0.4, 0.5) is 5.69 Å². The molecule has 1 unspecified atom stereocenters. The molecule has 0 aliphatic rings. The van der Waals surface area contributed by atoms with Gasteiger partial charge in [-0.2, -0.15) is 0 Å². The van der Waals surface area contributed by atoms with Gasteiger partial charge in [-0.1, -0.05) is 73.8 Å². The number of sulfonamides is 1. The Balaban J connectivity index is 2.11. The van der Waals surface area contributed by atoms with Gasteiger partial charge in [0.1, 0.15) is 18.3 Å². The number of rotatable bonds is 14. The molecule has 0 bridgehead atoms. The first-order valence-electron chi connectivity index (χ1n) is 13.8. The van der Waals surface area contributed by atoms with Crippen molar-refractivity contribution in [2.75, 3.05) is 24.5 Å². The molecule has 0 aliphatic heterocycles. The number of aryl methyl sites for hydroxylation is 1. The number of methoxy groups -OCH3 is 1. The summed E-state index contributed by atoms with van der Waals surface area (Å²) in [7, 11) is -2.79. The third-order valence-electron chi connectivity index (χ3n) is 6.78. The van der Waals surface area contributed by atoms with Crippen molar-refractivity contribution in [3.8, 4) is 5.75 Å². The molecule has 0 radical (unpaired) electrons. The van der Waals surface area contributed by atoms with Crippen molar-refractivity contribution < 1.29 is 22.7 Å². The van der Waals surface area contributed by atoms with Gasteiger partial charge in [-0.05, 0) is 67.3 Å². The zero-order valence-electron chi connectivity index (χ0n) is 24.3. The average Bonchev–Trinajstić information content (AvgIpc) is 2.97. The highest BCUT2D eigenvalue weighted by Crippen LogP contribution is 2.34. The van der Waals surface area contributed by atoms with Crippen LogP contribution in [0.5, 0.6) is 5.75 Å². The molecule has 3 aromatic carbocycles. The van der Waals surface area contributed by atoms with Gasteiger partial charge in [0.05, 0.1) is 17.7 Å². The molecule has 0 aliphatic carbocycles. The van der Waals surface area contributed by atoms with Crippen molar-refractivity contribution in [1.29, 1.82) is 0 Å². The van der Waals surface area contributed by atoms with Crippen LogP contribution in [0.3, 0.4) is 0 Å². The van der Waals surface area contributed by atoms with E-state index in [0.717, 1.165) is 22.7 Å². The Morgan fingerprint density at radius 1 is 1.00 bits per heavy atom. The van der Waals surface area contributed by atoms with Crippen molar-refractivity contribution >= 4 is 50.7 Å². The highest BCUT2D eigenvalue weighted by Gasteiger charge is 2.35. The summed E-state index contributed by atoms with van der Waals surface area (Å²) >= 11 is 12.6.